The lowest BCUT2D eigenvalue weighted by molar-refractivity contribution is -0.123. The van der Waals surface area contributed by atoms with Gasteiger partial charge in [0, 0.05) is 5.02 Å². The zero-order valence-corrected chi connectivity index (χ0v) is 13.0. The Morgan fingerprint density at radius 1 is 1.30 bits per heavy atom. The maximum Gasteiger partial charge on any atom is 0.255 e. The standard InChI is InChI=1S/C16H14ClN3O3/c1-10(19-16(22)12-5-6-23-9-12)15(21)20-14(8-18)11-3-2-4-13(17)7-11/h2-7,9-10,14H,1H3,(H,19,22)(H,20,21)/t10-,14-/m1/s1. The molecule has 2 rings (SSSR count). The number of hydrogen-bond donors (Lipinski definition) is 2. The van der Waals surface area contributed by atoms with Gasteiger partial charge in [0.25, 0.3) is 5.91 Å². The molecule has 0 bridgehead atoms. The second-order valence-electron chi connectivity index (χ2n) is 4.83. The quantitative estimate of drug-likeness (QED) is 0.879. The molecule has 0 aliphatic rings. The first kappa shape index (κ1) is 16.6. The molecule has 0 unspecified atom stereocenters. The highest BCUT2D eigenvalue weighted by molar-refractivity contribution is 6.30. The van der Waals surface area contributed by atoms with Gasteiger partial charge in [0.1, 0.15) is 18.3 Å². The lowest BCUT2D eigenvalue weighted by Gasteiger charge is -2.17. The van der Waals surface area contributed by atoms with Crippen molar-refractivity contribution < 1.29 is 14.0 Å². The minimum absolute atomic E-state index is 0.316. The predicted octanol–water partition coefficient (Wildman–Crippen LogP) is 2.43. The van der Waals surface area contributed by atoms with Crippen molar-refractivity contribution in [2.24, 2.45) is 0 Å². The van der Waals surface area contributed by atoms with E-state index in [4.69, 9.17) is 16.0 Å². The highest BCUT2D eigenvalue weighted by Crippen LogP contribution is 2.17. The molecule has 0 saturated heterocycles. The van der Waals surface area contributed by atoms with E-state index in [2.05, 4.69) is 10.6 Å². The molecule has 1 aromatic heterocycles. The fourth-order valence-electron chi connectivity index (χ4n) is 1.88. The lowest BCUT2D eigenvalue weighted by Crippen LogP contribution is -2.45. The molecule has 6 nitrogen and oxygen atoms in total. The van der Waals surface area contributed by atoms with Crippen LogP contribution in [0.5, 0.6) is 0 Å². The fourth-order valence-corrected chi connectivity index (χ4v) is 2.08. The Morgan fingerprint density at radius 2 is 2.09 bits per heavy atom. The number of nitriles is 1. The van der Waals surface area contributed by atoms with Crippen molar-refractivity contribution in [3.05, 3.63) is 59.0 Å². The van der Waals surface area contributed by atoms with Crippen molar-refractivity contribution >= 4 is 23.4 Å². The van der Waals surface area contributed by atoms with Crippen molar-refractivity contribution in [1.29, 1.82) is 5.26 Å². The van der Waals surface area contributed by atoms with Crippen LogP contribution in [-0.4, -0.2) is 17.9 Å². The summed E-state index contributed by atoms with van der Waals surface area (Å²) in [6.07, 6.45) is 2.65. The number of hydrogen-bond acceptors (Lipinski definition) is 4. The Balaban J connectivity index is 1.99. The Morgan fingerprint density at radius 3 is 2.70 bits per heavy atom. The van der Waals surface area contributed by atoms with E-state index in [-0.39, 0.29) is 0 Å². The SMILES string of the molecule is C[C@@H](NC(=O)c1ccoc1)C(=O)N[C@H](C#N)c1cccc(Cl)c1. The van der Waals surface area contributed by atoms with Crippen molar-refractivity contribution in [3.63, 3.8) is 0 Å². The van der Waals surface area contributed by atoms with Crippen molar-refractivity contribution in [2.45, 2.75) is 19.0 Å². The third-order valence-corrected chi connectivity index (χ3v) is 3.36. The molecule has 2 N–H and O–H groups in total. The molecular formula is C16H14ClN3O3. The summed E-state index contributed by atoms with van der Waals surface area (Å²) in [7, 11) is 0. The number of nitrogens with one attached hydrogen (secondary N) is 2. The molecular weight excluding hydrogens is 318 g/mol. The summed E-state index contributed by atoms with van der Waals surface area (Å²) < 4.78 is 4.81. The first-order chi connectivity index (χ1) is 11.0. The van der Waals surface area contributed by atoms with Gasteiger partial charge in [-0.15, -0.1) is 0 Å². The van der Waals surface area contributed by atoms with Crippen molar-refractivity contribution in [2.75, 3.05) is 0 Å². The summed E-state index contributed by atoms with van der Waals surface area (Å²) in [5, 5.41) is 14.8. The molecule has 1 aromatic carbocycles. The molecule has 1 heterocycles. The number of amides is 2. The highest BCUT2D eigenvalue weighted by Gasteiger charge is 2.21. The summed E-state index contributed by atoms with van der Waals surface area (Å²) in [5.74, 6) is -0.911. The Kier molecular flexibility index (Phi) is 5.39. The van der Waals surface area contributed by atoms with Crippen LogP contribution in [0, 0.1) is 11.3 Å². The smallest absolute Gasteiger partial charge is 0.255 e. The molecule has 118 valence electrons. The second kappa shape index (κ2) is 7.47. The molecule has 7 heteroatoms. The molecule has 0 radical (unpaired) electrons. The monoisotopic (exact) mass is 331 g/mol. The van der Waals surface area contributed by atoms with Gasteiger partial charge in [0.05, 0.1) is 17.9 Å². The van der Waals surface area contributed by atoms with Crippen LogP contribution in [0.1, 0.15) is 28.9 Å². The third kappa shape index (κ3) is 4.34. The summed E-state index contributed by atoms with van der Waals surface area (Å²) in [6.45, 7) is 1.53. The number of carbonyl (C=O) groups is 2. The van der Waals surface area contributed by atoms with Crippen LogP contribution >= 0.6 is 11.6 Å². The first-order valence-corrected chi connectivity index (χ1v) is 7.17. The molecule has 0 saturated carbocycles. The van der Waals surface area contributed by atoms with Crippen molar-refractivity contribution in [1.82, 2.24) is 10.6 Å². The van der Waals surface area contributed by atoms with Crippen LogP contribution in [0.4, 0.5) is 0 Å². The molecule has 0 fully saturated rings. The first-order valence-electron chi connectivity index (χ1n) is 6.80. The van der Waals surface area contributed by atoms with Crippen LogP contribution in [0.2, 0.25) is 5.02 Å². The number of benzene rings is 1. The molecule has 23 heavy (non-hydrogen) atoms. The summed E-state index contributed by atoms with van der Waals surface area (Å²) in [5.41, 5.74) is 0.887. The maximum absolute atomic E-state index is 12.1. The lowest BCUT2D eigenvalue weighted by atomic mass is 10.1. The van der Waals surface area contributed by atoms with E-state index in [1.165, 1.54) is 25.5 Å². The van der Waals surface area contributed by atoms with E-state index in [0.29, 0.717) is 16.1 Å². The number of furan rings is 1. The summed E-state index contributed by atoms with van der Waals surface area (Å²) in [4.78, 5) is 24.0. The van der Waals surface area contributed by atoms with Crippen LogP contribution in [0.25, 0.3) is 0 Å². The molecule has 2 atom stereocenters. The van der Waals surface area contributed by atoms with Crippen LogP contribution in [0.15, 0.2) is 47.3 Å². The third-order valence-electron chi connectivity index (χ3n) is 3.12. The summed E-state index contributed by atoms with van der Waals surface area (Å²) >= 11 is 5.88. The molecule has 0 spiro atoms. The van der Waals surface area contributed by atoms with Crippen LogP contribution < -0.4 is 10.6 Å². The largest absolute Gasteiger partial charge is 0.472 e. The van der Waals surface area contributed by atoms with E-state index in [9.17, 15) is 14.9 Å². The molecule has 2 aromatic rings. The molecule has 0 aliphatic heterocycles. The van der Waals surface area contributed by atoms with E-state index in [1.54, 1.807) is 24.3 Å². The predicted molar refractivity (Wildman–Crippen MR) is 83.6 cm³/mol. The topological polar surface area (TPSA) is 95.1 Å². The molecule has 0 aliphatic carbocycles. The average molecular weight is 332 g/mol. The van der Waals surface area contributed by atoms with Gasteiger partial charge < -0.3 is 15.1 Å². The Hall–Kier alpha value is -2.78. The van der Waals surface area contributed by atoms with Gasteiger partial charge in [-0.25, -0.2) is 0 Å². The zero-order chi connectivity index (χ0) is 16.8. The van der Waals surface area contributed by atoms with E-state index >= 15 is 0 Å². The minimum atomic E-state index is -0.852. The Labute approximate surface area is 138 Å². The number of nitrogens with zero attached hydrogens (tertiary/aromatic N) is 1. The van der Waals surface area contributed by atoms with Gasteiger partial charge in [0.15, 0.2) is 0 Å². The van der Waals surface area contributed by atoms with Crippen LogP contribution in [0.3, 0.4) is 0 Å². The van der Waals surface area contributed by atoms with E-state index in [1.807, 2.05) is 6.07 Å². The van der Waals surface area contributed by atoms with E-state index in [0.717, 1.165) is 0 Å². The Bertz CT molecular complexity index is 737. The van der Waals surface area contributed by atoms with Gasteiger partial charge >= 0.3 is 0 Å². The maximum atomic E-state index is 12.1. The highest BCUT2D eigenvalue weighted by atomic mass is 35.5. The summed E-state index contributed by atoms with van der Waals surface area (Å²) in [6, 6.07) is 8.48. The number of halogens is 1. The van der Waals surface area contributed by atoms with Gasteiger partial charge in [-0.05, 0) is 30.7 Å². The van der Waals surface area contributed by atoms with Crippen molar-refractivity contribution in [3.8, 4) is 6.07 Å². The molecule has 2 amide bonds. The van der Waals surface area contributed by atoms with E-state index < -0.39 is 23.9 Å². The second-order valence-corrected chi connectivity index (χ2v) is 5.27. The zero-order valence-electron chi connectivity index (χ0n) is 12.2. The minimum Gasteiger partial charge on any atom is -0.472 e. The fraction of sp³-hybridized carbons (Fsp3) is 0.188. The van der Waals surface area contributed by atoms with Gasteiger partial charge in [-0.3, -0.25) is 9.59 Å². The van der Waals surface area contributed by atoms with Gasteiger partial charge in [-0.2, -0.15) is 5.26 Å². The normalized spacial score (nSPS) is 12.7. The number of rotatable bonds is 5. The number of carbonyl (C=O) groups excluding carboxylic acids is 2. The van der Waals surface area contributed by atoms with Gasteiger partial charge in [0.2, 0.25) is 5.91 Å². The van der Waals surface area contributed by atoms with Gasteiger partial charge in [-0.1, -0.05) is 23.7 Å². The average Bonchev–Trinajstić information content (AvgIpc) is 3.06. The van der Waals surface area contributed by atoms with Crippen LogP contribution in [-0.2, 0) is 4.79 Å².